The zero-order valence-electron chi connectivity index (χ0n) is 25.6. The van der Waals surface area contributed by atoms with Gasteiger partial charge in [0.2, 0.25) is 0 Å². The lowest BCUT2D eigenvalue weighted by molar-refractivity contribution is -0.385. The van der Waals surface area contributed by atoms with E-state index in [2.05, 4.69) is 5.73 Å². The molecule has 0 atom stereocenters. The maximum atomic E-state index is 16.1. The Hall–Kier alpha value is -5.30. The average Bonchev–Trinajstić information content (AvgIpc) is 3.13. The molecule has 0 bridgehead atoms. The molecule has 0 N–H and O–H groups in total. The number of nitro groups is 1. The number of hydrogen-bond acceptors (Lipinski definition) is 4. The summed E-state index contributed by atoms with van der Waals surface area (Å²) >= 11 is 0. The van der Waals surface area contributed by atoms with Crippen LogP contribution in [0.25, 0.3) is 10.6 Å². The molecule has 7 heteroatoms. The molecule has 6 aromatic carbocycles. The van der Waals surface area contributed by atoms with Crippen LogP contribution in [0.2, 0.25) is 0 Å². The predicted molar refractivity (Wildman–Crippen MR) is 194 cm³/mol. The standard InChI is InChI=1S/C40H31NO4P2/c1-31-26-28-32(29-27-31)39(46(44,33-16-6-2-7-17-33)34-18-8-3-9-19-34)30-40(37-24-14-15-25-38(37)41(42)43)47(45,35-20-10-4-11-21-35)36-22-12-5-13-23-36/h2-29H,1H3. The normalized spacial score (nSPS) is 11.3. The molecule has 0 saturated heterocycles. The average molecular weight is 652 g/mol. The second-order valence-electron chi connectivity index (χ2n) is 11.0. The first-order chi connectivity index (χ1) is 22.8. The van der Waals surface area contributed by atoms with E-state index >= 15 is 9.13 Å². The minimum atomic E-state index is -3.90. The van der Waals surface area contributed by atoms with Crippen molar-refractivity contribution in [2.75, 3.05) is 0 Å². The summed E-state index contributed by atoms with van der Waals surface area (Å²) in [6.45, 7) is 1.97. The van der Waals surface area contributed by atoms with Crippen molar-refractivity contribution in [3.05, 3.63) is 202 Å². The third-order valence-corrected chi connectivity index (χ3v) is 14.1. The minimum absolute atomic E-state index is 0.102. The third kappa shape index (κ3) is 6.13. The van der Waals surface area contributed by atoms with E-state index in [-0.39, 0.29) is 16.6 Å². The highest BCUT2D eigenvalue weighted by Gasteiger charge is 2.39. The maximum Gasteiger partial charge on any atom is 0.277 e. The van der Waals surface area contributed by atoms with Gasteiger partial charge in [0.1, 0.15) is 0 Å². The van der Waals surface area contributed by atoms with Crippen LogP contribution in [0.1, 0.15) is 16.7 Å². The largest absolute Gasteiger partial charge is 0.308 e. The van der Waals surface area contributed by atoms with Crippen molar-refractivity contribution in [3.8, 4) is 0 Å². The smallest absolute Gasteiger partial charge is 0.277 e. The number of benzene rings is 6. The molecule has 0 saturated carbocycles. The van der Waals surface area contributed by atoms with Crippen LogP contribution in [0, 0.1) is 17.0 Å². The van der Waals surface area contributed by atoms with E-state index in [4.69, 9.17) is 0 Å². The fourth-order valence-electron chi connectivity index (χ4n) is 5.67. The molecule has 47 heavy (non-hydrogen) atoms. The second-order valence-corrected chi connectivity index (χ2v) is 16.4. The van der Waals surface area contributed by atoms with Gasteiger partial charge in [0, 0.05) is 27.3 Å². The van der Waals surface area contributed by atoms with E-state index in [9.17, 15) is 10.1 Å². The maximum absolute atomic E-state index is 16.1. The van der Waals surface area contributed by atoms with E-state index in [1.807, 2.05) is 104 Å². The van der Waals surface area contributed by atoms with E-state index in [0.29, 0.717) is 32.1 Å². The zero-order valence-corrected chi connectivity index (χ0v) is 27.4. The third-order valence-electron chi connectivity index (χ3n) is 8.03. The van der Waals surface area contributed by atoms with Gasteiger partial charge in [0.05, 0.1) is 21.1 Å². The number of nitrogens with zero attached hydrogens (tertiary/aromatic N) is 1. The summed E-state index contributed by atoms with van der Waals surface area (Å²) in [7, 11) is -7.64. The van der Waals surface area contributed by atoms with Gasteiger partial charge in [-0.2, -0.15) is 0 Å². The molecule has 0 fully saturated rings. The molecule has 0 aromatic heterocycles. The monoisotopic (exact) mass is 651 g/mol. The van der Waals surface area contributed by atoms with Crippen molar-refractivity contribution in [3.63, 3.8) is 0 Å². The van der Waals surface area contributed by atoms with Gasteiger partial charge in [-0.3, -0.25) is 10.1 Å². The summed E-state index contributed by atoms with van der Waals surface area (Å²) < 4.78 is 32.1. The first kappa shape index (κ1) is 31.7. The van der Waals surface area contributed by atoms with Crippen LogP contribution in [0.15, 0.2) is 176 Å². The predicted octanol–water partition coefficient (Wildman–Crippen LogP) is 8.91. The lowest BCUT2D eigenvalue weighted by atomic mass is 10.1. The molecule has 0 aliphatic rings. The van der Waals surface area contributed by atoms with Gasteiger partial charge in [-0.1, -0.05) is 169 Å². The topological polar surface area (TPSA) is 77.3 Å². The summed E-state index contributed by atoms with van der Waals surface area (Å²) in [5, 5.41) is 15.0. The lowest BCUT2D eigenvalue weighted by Gasteiger charge is -2.25. The Kier molecular flexibility index (Phi) is 9.16. The van der Waals surface area contributed by atoms with Gasteiger partial charge in [0.25, 0.3) is 5.69 Å². The molecule has 0 aliphatic heterocycles. The Morgan fingerprint density at radius 2 is 0.872 bits per heavy atom. The van der Waals surface area contributed by atoms with Crippen LogP contribution in [0.5, 0.6) is 0 Å². The van der Waals surface area contributed by atoms with E-state index in [1.165, 1.54) is 6.07 Å². The van der Waals surface area contributed by atoms with Crippen LogP contribution < -0.4 is 21.2 Å². The van der Waals surface area contributed by atoms with Crippen molar-refractivity contribution < 1.29 is 14.1 Å². The highest BCUT2D eigenvalue weighted by Crippen LogP contribution is 2.61. The van der Waals surface area contributed by atoms with Crippen LogP contribution in [-0.4, -0.2) is 4.92 Å². The fraction of sp³-hybridized carbons (Fsp3) is 0.0250. The molecule has 0 radical (unpaired) electrons. The quantitative estimate of drug-likeness (QED) is 0.0677. The molecule has 0 aliphatic carbocycles. The number of nitro benzene ring substituents is 1. The lowest BCUT2D eigenvalue weighted by Crippen LogP contribution is -2.18. The van der Waals surface area contributed by atoms with Crippen molar-refractivity contribution in [2.45, 2.75) is 6.92 Å². The number of rotatable bonds is 9. The zero-order chi connectivity index (χ0) is 32.9. The summed E-state index contributed by atoms with van der Waals surface area (Å²) in [4.78, 5) is 12.1. The minimum Gasteiger partial charge on any atom is -0.308 e. The van der Waals surface area contributed by atoms with Crippen LogP contribution >= 0.6 is 14.3 Å². The van der Waals surface area contributed by atoms with Gasteiger partial charge < -0.3 is 9.13 Å². The van der Waals surface area contributed by atoms with Gasteiger partial charge in [-0.15, -0.1) is 0 Å². The highest BCUT2D eigenvalue weighted by atomic mass is 31.2. The molecule has 0 unspecified atom stereocenters. The Bertz CT molecular complexity index is 2110. The molecule has 0 spiro atoms. The van der Waals surface area contributed by atoms with Crippen molar-refractivity contribution in [1.82, 2.24) is 0 Å². The van der Waals surface area contributed by atoms with Crippen LogP contribution in [0.4, 0.5) is 5.69 Å². The van der Waals surface area contributed by atoms with Gasteiger partial charge in [-0.05, 0) is 18.6 Å². The van der Waals surface area contributed by atoms with Crippen molar-refractivity contribution >= 4 is 51.8 Å². The van der Waals surface area contributed by atoms with E-state index in [1.54, 1.807) is 66.7 Å². The summed E-state index contributed by atoms with van der Waals surface area (Å²) in [6.07, 6.45) is 0. The second kappa shape index (κ2) is 13.6. The Balaban J connectivity index is 1.90. The van der Waals surface area contributed by atoms with E-state index in [0.717, 1.165) is 5.56 Å². The summed E-state index contributed by atoms with van der Waals surface area (Å²) in [5.41, 5.74) is 5.01. The number of aryl methyl sites for hydroxylation is 1. The van der Waals surface area contributed by atoms with E-state index < -0.39 is 19.2 Å². The van der Waals surface area contributed by atoms with Gasteiger partial charge in [0.15, 0.2) is 14.3 Å². The first-order valence-electron chi connectivity index (χ1n) is 15.1. The molecule has 6 aromatic rings. The van der Waals surface area contributed by atoms with Crippen LogP contribution in [0.3, 0.4) is 0 Å². The number of hydrogen-bond donors (Lipinski definition) is 0. The molecule has 6 rings (SSSR count). The first-order valence-corrected chi connectivity index (χ1v) is 18.5. The Morgan fingerprint density at radius 1 is 0.511 bits per heavy atom. The SMILES string of the molecule is Cc1ccc(C(=C=C(c2ccccc2[N+](=O)[O-])P(=O)(c2ccccc2)c2ccccc2)P(=O)(c2ccccc2)c2ccccc2)cc1. The Labute approximate surface area is 274 Å². The Morgan fingerprint density at radius 3 is 1.28 bits per heavy atom. The molecular weight excluding hydrogens is 620 g/mol. The molecule has 0 heterocycles. The molecule has 230 valence electrons. The van der Waals surface area contributed by atoms with Crippen molar-refractivity contribution in [2.24, 2.45) is 0 Å². The van der Waals surface area contributed by atoms with Gasteiger partial charge in [-0.25, -0.2) is 0 Å². The molecule has 5 nitrogen and oxygen atoms in total. The number of para-hydroxylation sites is 1. The summed E-state index contributed by atoms with van der Waals surface area (Å²) in [5.74, 6) is 0. The molecular formula is C40H31NO4P2. The van der Waals surface area contributed by atoms with Gasteiger partial charge >= 0.3 is 0 Å². The molecule has 0 amide bonds. The summed E-state index contributed by atoms with van der Waals surface area (Å²) in [6, 6.07) is 50.2. The highest BCUT2D eigenvalue weighted by molar-refractivity contribution is 7.88. The fourth-order valence-corrected chi connectivity index (χ4v) is 11.3. The van der Waals surface area contributed by atoms with Crippen LogP contribution in [-0.2, 0) is 9.13 Å². The van der Waals surface area contributed by atoms with Crippen molar-refractivity contribution in [1.29, 1.82) is 0 Å².